The van der Waals surface area contributed by atoms with Crippen molar-refractivity contribution in [2.24, 2.45) is 0 Å². The molecule has 2 saturated heterocycles. The molecule has 0 saturated carbocycles. The maximum atomic E-state index is 13.7. The molecule has 0 bridgehead atoms. The van der Waals surface area contributed by atoms with Crippen molar-refractivity contribution in [1.82, 2.24) is 5.32 Å². The molecule has 0 spiro atoms. The Bertz CT molecular complexity index is 1160. The number of carbonyl (C=O) groups is 1. The maximum Gasteiger partial charge on any atom is 0.433 e. The van der Waals surface area contributed by atoms with E-state index in [1.807, 2.05) is 0 Å². The molecule has 37 heavy (non-hydrogen) atoms. The van der Waals surface area contributed by atoms with Crippen LogP contribution in [0.3, 0.4) is 0 Å². The Balaban J connectivity index is 1.42. The minimum absolute atomic E-state index is 0.166. The van der Waals surface area contributed by atoms with Crippen LogP contribution in [-0.4, -0.2) is 50.2 Å². The average Bonchev–Trinajstić information content (AvgIpc) is 3.53. The van der Waals surface area contributed by atoms with E-state index in [2.05, 4.69) is 10.6 Å². The topological polar surface area (TPSA) is 86.6 Å². The van der Waals surface area contributed by atoms with E-state index in [-0.39, 0.29) is 24.2 Å². The molecule has 2 aromatic carbocycles. The van der Waals surface area contributed by atoms with E-state index in [0.717, 1.165) is 31.5 Å². The Kier molecular flexibility index (Phi) is 7.52. The number of benzene rings is 2. The Morgan fingerprint density at radius 2 is 1.89 bits per heavy atom. The number of carbonyl (C=O) groups excluding carboxylic acids is 1. The van der Waals surface area contributed by atoms with Crippen LogP contribution in [0.15, 0.2) is 42.5 Å². The highest BCUT2D eigenvalue weighted by atomic mass is 19.4. The lowest BCUT2D eigenvalue weighted by atomic mass is 10.1. The van der Waals surface area contributed by atoms with E-state index in [9.17, 15) is 31.1 Å². The lowest BCUT2D eigenvalue weighted by Crippen LogP contribution is -2.42. The molecule has 0 aromatic heterocycles. The molecule has 1 unspecified atom stereocenters. The SMILES string of the molecule is N#Cc1ccc(N2C[C@@H](COc3ccc(NC(=O)C4CCCN4)cc3)O[C@@H]2C(F)(F)F)cc1C(F)(F)F. The van der Waals surface area contributed by atoms with Crippen molar-refractivity contribution in [2.45, 2.75) is 43.6 Å². The molecule has 2 aliphatic rings. The number of nitrogens with one attached hydrogen (secondary N) is 2. The summed E-state index contributed by atoms with van der Waals surface area (Å²) in [4.78, 5) is 12.8. The summed E-state index contributed by atoms with van der Waals surface area (Å²) in [5.41, 5.74) is -1.89. The summed E-state index contributed by atoms with van der Waals surface area (Å²) in [7, 11) is 0. The van der Waals surface area contributed by atoms with Gasteiger partial charge in [0, 0.05) is 11.4 Å². The Labute approximate surface area is 207 Å². The van der Waals surface area contributed by atoms with Crippen molar-refractivity contribution in [3.8, 4) is 11.8 Å². The number of nitriles is 1. The molecule has 1 amide bonds. The predicted molar refractivity (Wildman–Crippen MR) is 120 cm³/mol. The number of nitrogens with zero attached hydrogens (tertiary/aromatic N) is 2. The third-order valence-corrected chi connectivity index (χ3v) is 5.98. The third kappa shape index (κ3) is 6.26. The fourth-order valence-electron chi connectivity index (χ4n) is 4.20. The van der Waals surface area contributed by atoms with Gasteiger partial charge < -0.3 is 25.0 Å². The third-order valence-electron chi connectivity index (χ3n) is 5.98. The summed E-state index contributed by atoms with van der Waals surface area (Å²) < 4.78 is 91.6. The van der Waals surface area contributed by atoms with Crippen molar-refractivity contribution in [3.63, 3.8) is 0 Å². The first kappa shape index (κ1) is 26.6. The average molecular weight is 528 g/mol. The van der Waals surface area contributed by atoms with Crippen molar-refractivity contribution in [3.05, 3.63) is 53.6 Å². The highest BCUT2D eigenvalue weighted by Gasteiger charge is 2.51. The van der Waals surface area contributed by atoms with Crippen LogP contribution < -0.4 is 20.3 Å². The maximum absolute atomic E-state index is 13.7. The molecular weight excluding hydrogens is 506 g/mol. The molecule has 2 aromatic rings. The molecule has 2 N–H and O–H groups in total. The highest BCUT2D eigenvalue weighted by molar-refractivity contribution is 5.95. The monoisotopic (exact) mass is 528 g/mol. The fraction of sp³-hybridized carbons (Fsp3) is 0.417. The number of halogens is 6. The summed E-state index contributed by atoms with van der Waals surface area (Å²) in [6, 6.07) is 9.72. The fourth-order valence-corrected chi connectivity index (χ4v) is 4.20. The van der Waals surface area contributed by atoms with Gasteiger partial charge in [-0.1, -0.05) is 0 Å². The zero-order chi connectivity index (χ0) is 26.8. The normalized spacial score (nSPS) is 22.1. The lowest BCUT2D eigenvalue weighted by Gasteiger charge is -2.27. The quantitative estimate of drug-likeness (QED) is 0.540. The van der Waals surface area contributed by atoms with Gasteiger partial charge in [0.25, 0.3) is 0 Å². The number of alkyl halides is 6. The van der Waals surface area contributed by atoms with Crippen molar-refractivity contribution in [2.75, 3.05) is 29.9 Å². The Hall–Kier alpha value is -3.50. The minimum Gasteiger partial charge on any atom is -0.491 e. The number of rotatable bonds is 6. The van der Waals surface area contributed by atoms with Crippen LogP contribution in [-0.2, 0) is 15.7 Å². The predicted octanol–water partition coefficient (Wildman–Crippen LogP) is 4.44. The summed E-state index contributed by atoms with van der Waals surface area (Å²) >= 11 is 0. The molecule has 0 aliphatic carbocycles. The molecular formula is C24H22F6N4O3. The lowest BCUT2D eigenvalue weighted by molar-refractivity contribution is -0.215. The van der Waals surface area contributed by atoms with Gasteiger partial charge in [0.05, 0.1) is 29.8 Å². The van der Waals surface area contributed by atoms with Crippen LogP contribution in [0.2, 0.25) is 0 Å². The first-order valence-corrected chi connectivity index (χ1v) is 11.3. The van der Waals surface area contributed by atoms with Crippen molar-refractivity contribution >= 4 is 17.3 Å². The molecule has 0 radical (unpaired) electrons. The van der Waals surface area contributed by atoms with Crippen LogP contribution >= 0.6 is 0 Å². The van der Waals surface area contributed by atoms with Gasteiger partial charge in [0.1, 0.15) is 18.5 Å². The summed E-state index contributed by atoms with van der Waals surface area (Å²) in [6.45, 7) is 0.0779. The van der Waals surface area contributed by atoms with Gasteiger partial charge in [-0.15, -0.1) is 0 Å². The molecule has 2 fully saturated rings. The molecule has 13 heteroatoms. The first-order chi connectivity index (χ1) is 17.5. The van der Waals surface area contributed by atoms with Gasteiger partial charge >= 0.3 is 12.4 Å². The summed E-state index contributed by atoms with van der Waals surface area (Å²) in [5, 5.41) is 14.8. The van der Waals surface area contributed by atoms with Gasteiger partial charge in [0.2, 0.25) is 12.1 Å². The van der Waals surface area contributed by atoms with E-state index in [4.69, 9.17) is 14.7 Å². The number of anilines is 2. The van der Waals surface area contributed by atoms with Gasteiger partial charge in [-0.3, -0.25) is 4.79 Å². The standard InChI is InChI=1S/C24H22F6N4O3/c25-23(26,27)19-10-16(6-3-14(19)11-31)34-12-18(37-22(34)24(28,29)30)13-36-17-7-4-15(5-8-17)33-21(35)20-2-1-9-32-20/h3-8,10,18,20,22,32H,1-2,9,12-13H2,(H,33,35)/t18-,20?,22+/m0/s1. The minimum atomic E-state index is -4.92. The van der Waals surface area contributed by atoms with E-state index in [1.165, 1.54) is 18.2 Å². The second-order valence-electron chi connectivity index (χ2n) is 8.62. The second kappa shape index (κ2) is 10.5. The van der Waals surface area contributed by atoms with Gasteiger partial charge in [-0.2, -0.15) is 31.6 Å². The largest absolute Gasteiger partial charge is 0.491 e. The first-order valence-electron chi connectivity index (χ1n) is 11.3. The Morgan fingerprint density at radius 3 is 2.49 bits per heavy atom. The van der Waals surface area contributed by atoms with Crippen molar-refractivity contribution in [1.29, 1.82) is 5.26 Å². The van der Waals surface area contributed by atoms with E-state index >= 15 is 0 Å². The zero-order valence-corrected chi connectivity index (χ0v) is 19.2. The zero-order valence-electron chi connectivity index (χ0n) is 19.2. The van der Waals surface area contributed by atoms with Crippen LogP contribution in [0.25, 0.3) is 0 Å². The number of hydrogen-bond acceptors (Lipinski definition) is 6. The van der Waals surface area contributed by atoms with Crippen LogP contribution in [0, 0.1) is 11.3 Å². The van der Waals surface area contributed by atoms with Crippen molar-refractivity contribution < 1.29 is 40.6 Å². The van der Waals surface area contributed by atoms with Gasteiger partial charge in [0.15, 0.2) is 0 Å². The molecule has 2 heterocycles. The second-order valence-corrected chi connectivity index (χ2v) is 8.62. The van der Waals surface area contributed by atoms with Crippen LogP contribution in [0.1, 0.15) is 24.0 Å². The van der Waals surface area contributed by atoms with Gasteiger partial charge in [-0.05, 0) is 61.9 Å². The molecule has 7 nitrogen and oxygen atoms in total. The molecule has 2 aliphatic heterocycles. The molecule has 3 atom stereocenters. The summed E-state index contributed by atoms with van der Waals surface area (Å²) in [5.74, 6) is 0.139. The Morgan fingerprint density at radius 1 is 1.16 bits per heavy atom. The van der Waals surface area contributed by atoms with Gasteiger partial charge in [-0.25, -0.2) is 0 Å². The number of hydrogen-bond donors (Lipinski definition) is 2. The number of ether oxygens (including phenoxy) is 2. The van der Waals surface area contributed by atoms with E-state index in [1.54, 1.807) is 12.1 Å². The molecule has 4 rings (SSSR count). The van der Waals surface area contributed by atoms with E-state index < -0.39 is 42.4 Å². The highest BCUT2D eigenvalue weighted by Crippen LogP contribution is 2.39. The summed E-state index contributed by atoms with van der Waals surface area (Å²) in [6.07, 6.45) is -11.8. The smallest absolute Gasteiger partial charge is 0.433 e. The van der Waals surface area contributed by atoms with Crippen LogP contribution in [0.4, 0.5) is 37.7 Å². The number of amides is 1. The van der Waals surface area contributed by atoms with E-state index in [0.29, 0.717) is 22.4 Å². The van der Waals surface area contributed by atoms with Crippen LogP contribution in [0.5, 0.6) is 5.75 Å². The molecule has 198 valence electrons.